The van der Waals surface area contributed by atoms with Gasteiger partial charge in [0.15, 0.2) is 48.8 Å². The van der Waals surface area contributed by atoms with E-state index in [2.05, 4.69) is 60.5 Å². The second-order valence-electron chi connectivity index (χ2n) is 25.4. The first-order valence-corrected chi connectivity index (χ1v) is 37.5. The zero-order valence-electron chi connectivity index (χ0n) is 63.1. The average Bonchev–Trinajstić information content (AvgIpc) is 0.751. The van der Waals surface area contributed by atoms with Crippen molar-refractivity contribution in [3.63, 3.8) is 0 Å². The van der Waals surface area contributed by atoms with E-state index in [1.807, 2.05) is 121 Å². The van der Waals surface area contributed by atoms with Crippen LogP contribution in [0.15, 0.2) is 121 Å². The fourth-order valence-electron chi connectivity index (χ4n) is 9.34. The van der Waals surface area contributed by atoms with Gasteiger partial charge in [-0.3, -0.25) is 0 Å². The Morgan fingerprint density at radius 2 is 0.467 bits per heavy atom. The van der Waals surface area contributed by atoms with Gasteiger partial charge in [-0.2, -0.15) is 0 Å². The zero-order chi connectivity index (χ0) is 79.6. The van der Waals surface area contributed by atoms with Crippen molar-refractivity contribution in [3.05, 3.63) is 121 Å². The number of carbonyl (C=O) groups is 12. The van der Waals surface area contributed by atoms with Gasteiger partial charge in [-0.05, 0) is 135 Å². The van der Waals surface area contributed by atoms with Crippen molar-refractivity contribution in [1.29, 1.82) is 0 Å². The van der Waals surface area contributed by atoms with E-state index in [0.717, 1.165) is 20.7 Å². The summed E-state index contributed by atoms with van der Waals surface area (Å²) in [6.07, 6.45) is -14.3. The Kier molecular flexibility index (Phi) is 41.9. The average molecular weight is 1510 g/mol. The Balaban J connectivity index is 0.00000146. The molecule has 0 spiro atoms. The summed E-state index contributed by atoms with van der Waals surface area (Å²) in [6, 6.07) is 39.5. The van der Waals surface area contributed by atoms with E-state index >= 15 is 0 Å². The summed E-state index contributed by atoms with van der Waals surface area (Å²) in [5.41, 5.74) is 0. The number of aliphatic hydroxyl groups is 2. The number of benzene rings is 4. The highest BCUT2D eigenvalue weighted by molar-refractivity contribution is 7.00. The van der Waals surface area contributed by atoms with Crippen LogP contribution in [0.2, 0.25) is 10.1 Å². The molecule has 0 saturated carbocycles. The SMILES string of the molecule is C.CCOC(=O)[C@H](C)OC(=O)[C@H](C)O.CCOC(=O)[C@H](C)OC(=O)[C@H](C)OC(=O)[C@H](C)OC(=O)[C@H](C)O.CCOC(=O)[C@H](C)OC(=O)[C@H](C)OC(=O)[C@H](C)OC(=O)[C@H](C)O[Si](c1ccccc1)(c1ccccc1)C(C)(C)C.C[C@H](OC(=O)[C@H](C)O[Si](c1ccccc1)(c1ccccc1)C(C)(C)C)C(=O)O. The van der Waals surface area contributed by atoms with Gasteiger partial charge in [-0.15, -0.1) is 0 Å². The summed E-state index contributed by atoms with van der Waals surface area (Å²) < 4.78 is 66.6. The fourth-order valence-corrected chi connectivity index (χ4v) is 18.6. The van der Waals surface area contributed by atoms with E-state index < -0.39 is 162 Å². The molecule has 4 aromatic carbocycles. The Morgan fingerprint density at radius 1 is 0.295 bits per heavy atom. The number of aliphatic carboxylic acids is 1. The number of esters is 11. The van der Waals surface area contributed by atoms with Gasteiger partial charge in [0.25, 0.3) is 16.6 Å². The molecule has 30 heteroatoms. The number of rotatable bonds is 31. The lowest BCUT2D eigenvalue weighted by molar-refractivity contribution is -0.183. The minimum absolute atomic E-state index is 0. The maximum absolute atomic E-state index is 13.2. The van der Waals surface area contributed by atoms with Gasteiger partial charge < -0.3 is 76.3 Å². The summed E-state index contributed by atoms with van der Waals surface area (Å²) in [6.45, 7) is 34.1. The molecular weight excluding hydrogens is 1400 g/mol. The van der Waals surface area contributed by atoms with Crippen LogP contribution in [0.3, 0.4) is 0 Å². The predicted molar refractivity (Wildman–Crippen MR) is 388 cm³/mol. The third kappa shape index (κ3) is 30.4. The molecule has 0 amide bonds. The molecule has 0 aliphatic carbocycles. The second-order valence-corrected chi connectivity index (χ2v) is 33.9. The summed E-state index contributed by atoms with van der Waals surface area (Å²) in [7, 11) is -5.94. The molecular formula is C75H108O28Si2. The largest absolute Gasteiger partial charge is 0.479 e. The van der Waals surface area contributed by atoms with Gasteiger partial charge in [0.2, 0.25) is 0 Å². The Hall–Kier alpha value is -9.21. The van der Waals surface area contributed by atoms with E-state index in [4.69, 9.17) is 57.3 Å². The quantitative estimate of drug-likeness (QED) is 0.0275. The molecule has 105 heavy (non-hydrogen) atoms. The van der Waals surface area contributed by atoms with Crippen LogP contribution >= 0.6 is 0 Å². The van der Waals surface area contributed by atoms with Crippen LogP contribution in [-0.4, -0.2) is 197 Å². The van der Waals surface area contributed by atoms with Crippen LogP contribution < -0.4 is 20.7 Å². The maximum Gasteiger partial charge on any atom is 0.347 e. The summed E-state index contributed by atoms with van der Waals surface area (Å²) in [4.78, 5) is 141. The molecule has 0 unspecified atom stereocenters. The smallest absolute Gasteiger partial charge is 0.347 e. The molecule has 0 radical (unpaired) electrons. The molecule has 0 bridgehead atoms. The van der Waals surface area contributed by atoms with E-state index in [1.54, 1.807) is 34.6 Å². The molecule has 12 atom stereocenters. The van der Waals surface area contributed by atoms with Crippen LogP contribution in [0.1, 0.15) is 153 Å². The van der Waals surface area contributed by atoms with Crippen LogP contribution in [-0.2, 0) is 118 Å². The molecule has 0 aliphatic heterocycles. The molecule has 0 aromatic heterocycles. The Morgan fingerprint density at radius 3 is 0.638 bits per heavy atom. The van der Waals surface area contributed by atoms with Gasteiger partial charge in [0.05, 0.1) is 19.8 Å². The van der Waals surface area contributed by atoms with Gasteiger partial charge in [0.1, 0.15) is 24.4 Å². The number of hydrogen-bond donors (Lipinski definition) is 3. The highest BCUT2D eigenvalue weighted by Gasteiger charge is 2.53. The molecule has 0 heterocycles. The van der Waals surface area contributed by atoms with Gasteiger partial charge >= 0.3 is 71.6 Å². The van der Waals surface area contributed by atoms with E-state index in [-0.39, 0.29) is 37.3 Å². The number of carbonyl (C=O) groups excluding carboxylic acids is 11. The molecule has 584 valence electrons. The van der Waals surface area contributed by atoms with Crippen molar-refractivity contribution in [2.75, 3.05) is 19.8 Å². The predicted octanol–water partition coefficient (Wildman–Crippen LogP) is 6.50. The number of carboxylic acids is 1. The van der Waals surface area contributed by atoms with Crippen molar-refractivity contribution in [2.45, 2.75) is 236 Å². The van der Waals surface area contributed by atoms with Gasteiger partial charge in [-0.25, -0.2) is 57.5 Å². The Bertz CT molecular complexity index is 3310. The van der Waals surface area contributed by atoms with Gasteiger partial charge in [-0.1, -0.05) is 170 Å². The lowest BCUT2D eigenvalue weighted by atomic mass is 10.2. The molecule has 0 fully saturated rings. The summed E-state index contributed by atoms with van der Waals surface area (Å²) >= 11 is 0. The minimum Gasteiger partial charge on any atom is -0.479 e. The van der Waals surface area contributed by atoms with Crippen LogP contribution in [0.4, 0.5) is 0 Å². The number of carboxylic acid groups (broad SMARTS) is 1. The standard InChI is InChI=1S/C30H40O9Si.C22H28O5Si.C14H22O9.C8H14O5.CH4/c1-9-35-26(31)20(2)36-27(32)21(3)37-28(33)22(4)38-29(34)23(5)39-40(30(6,7)8,24-16-12-10-13-17-24)25-18-14-11-15-19-25;1-16(20(23)24)26-21(25)17(2)27-28(22(3,4)5,18-12-8-6-9-13-18)19-14-10-7-11-15-19;1-6-20-12(17)8(3)22-14(19)10(5)23-13(18)9(4)21-11(16)7(2)15;1-4-12-8(11)6(3)13-7(10)5(2)9;/h10-23H,9H2,1-8H3;6-17H,1-5H3,(H,23,24);7-10,15H,6H2,1-5H3;5-6,9H,4H2,1-3H3;1H4/t20-,21-,22-,23-;16-,17-;7-,8-,9-,10-;5-,6-;/m0000./s1. The fraction of sp³-hybridized carbons (Fsp3) is 0.520. The van der Waals surface area contributed by atoms with Crippen molar-refractivity contribution >= 4 is 109 Å². The number of aliphatic hydroxyl groups excluding tert-OH is 2. The monoisotopic (exact) mass is 1510 g/mol. The lowest BCUT2D eigenvalue weighted by Gasteiger charge is -2.44. The molecule has 28 nitrogen and oxygen atoms in total. The first kappa shape index (κ1) is 95.8. The Labute approximate surface area is 617 Å². The minimum atomic E-state index is -3.04. The third-order valence-corrected chi connectivity index (χ3v) is 25.0. The van der Waals surface area contributed by atoms with E-state index in [1.165, 1.54) is 69.2 Å². The highest BCUT2D eigenvalue weighted by Crippen LogP contribution is 2.39. The van der Waals surface area contributed by atoms with E-state index in [0.29, 0.717) is 0 Å². The van der Waals surface area contributed by atoms with Crippen LogP contribution in [0.5, 0.6) is 0 Å². The lowest BCUT2D eigenvalue weighted by Crippen LogP contribution is -2.68. The van der Waals surface area contributed by atoms with Crippen molar-refractivity contribution < 1.29 is 134 Å². The number of ether oxygens (including phenoxy) is 11. The van der Waals surface area contributed by atoms with Gasteiger partial charge in [0, 0.05) is 0 Å². The molecule has 4 aromatic rings. The highest BCUT2D eigenvalue weighted by atomic mass is 28.4. The van der Waals surface area contributed by atoms with Crippen LogP contribution in [0, 0.1) is 0 Å². The molecule has 4 rings (SSSR count). The molecule has 3 N–H and O–H groups in total. The van der Waals surface area contributed by atoms with E-state index in [9.17, 15) is 57.5 Å². The van der Waals surface area contributed by atoms with Crippen molar-refractivity contribution in [2.24, 2.45) is 0 Å². The van der Waals surface area contributed by atoms with Crippen LogP contribution in [0.25, 0.3) is 0 Å². The molecule has 0 saturated heterocycles. The topological polar surface area (TPSA) is 386 Å². The first-order chi connectivity index (χ1) is 48.4. The molecule has 0 aliphatic rings. The van der Waals surface area contributed by atoms with Crippen molar-refractivity contribution in [3.8, 4) is 0 Å². The first-order valence-electron chi connectivity index (χ1n) is 33.7. The maximum atomic E-state index is 13.2. The summed E-state index contributed by atoms with van der Waals surface area (Å²) in [5.74, 6) is -10.3. The second kappa shape index (κ2) is 45.9. The normalized spacial score (nSPS) is 14.6. The van der Waals surface area contributed by atoms with Crippen molar-refractivity contribution in [1.82, 2.24) is 0 Å². The zero-order valence-corrected chi connectivity index (χ0v) is 65.1. The summed E-state index contributed by atoms with van der Waals surface area (Å²) in [5, 5.41) is 30.2. The third-order valence-electron chi connectivity index (χ3n) is 14.8. The number of hydrogen-bond acceptors (Lipinski definition) is 27.